The van der Waals surface area contributed by atoms with Gasteiger partial charge in [-0.3, -0.25) is 0 Å². The first-order chi connectivity index (χ1) is 9.27. The summed E-state index contributed by atoms with van der Waals surface area (Å²) in [4.78, 5) is 0. The molecule has 0 bridgehead atoms. The fourth-order valence-corrected chi connectivity index (χ4v) is 2.90. The first-order valence-electron chi connectivity index (χ1n) is 7.68. The van der Waals surface area contributed by atoms with Crippen LogP contribution in [0, 0.1) is 5.92 Å². The summed E-state index contributed by atoms with van der Waals surface area (Å²) in [6, 6.07) is 10.9. The predicted octanol–water partition coefficient (Wildman–Crippen LogP) is 5.87. The molecule has 0 nitrogen and oxygen atoms in total. The van der Waals surface area contributed by atoms with Gasteiger partial charge >= 0.3 is 0 Å². The van der Waals surface area contributed by atoms with E-state index in [4.69, 9.17) is 0 Å². The summed E-state index contributed by atoms with van der Waals surface area (Å²) < 4.78 is 0. The summed E-state index contributed by atoms with van der Waals surface area (Å²) in [5, 5.41) is 0. The SMILES string of the molecule is CC(CCCC(C)c1ccccc1)C1=CC=CCC1. The molecule has 19 heavy (non-hydrogen) atoms. The lowest BCUT2D eigenvalue weighted by Gasteiger charge is -2.18. The largest absolute Gasteiger partial charge is 0.0842 e. The Hall–Kier alpha value is -1.30. The van der Waals surface area contributed by atoms with Crippen molar-refractivity contribution < 1.29 is 0 Å². The third-order valence-corrected chi connectivity index (χ3v) is 4.32. The van der Waals surface area contributed by atoms with Crippen LogP contribution in [0.4, 0.5) is 0 Å². The average Bonchev–Trinajstić information content (AvgIpc) is 2.49. The van der Waals surface area contributed by atoms with Crippen LogP contribution >= 0.6 is 0 Å². The minimum atomic E-state index is 0.689. The molecule has 0 spiro atoms. The van der Waals surface area contributed by atoms with Gasteiger partial charge in [0.2, 0.25) is 0 Å². The van der Waals surface area contributed by atoms with Crippen LogP contribution in [0.5, 0.6) is 0 Å². The van der Waals surface area contributed by atoms with E-state index >= 15 is 0 Å². The molecule has 0 aromatic heterocycles. The van der Waals surface area contributed by atoms with Crippen molar-refractivity contribution in [3.05, 3.63) is 59.7 Å². The van der Waals surface area contributed by atoms with E-state index in [9.17, 15) is 0 Å². The van der Waals surface area contributed by atoms with Gasteiger partial charge < -0.3 is 0 Å². The zero-order chi connectivity index (χ0) is 13.5. The molecule has 1 aliphatic rings. The van der Waals surface area contributed by atoms with E-state index in [0.29, 0.717) is 5.92 Å². The second-order valence-electron chi connectivity index (χ2n) is 5.85. The number of rotatable bonds is 6. The molecule has 0 N–H and O–H groups in total. The molecule has 0 fully saturated rings. The van der Waals surface area contributed by atoms with Crippen LogP contribution in [0.1, 0.15) is 57.4 Å². The van der Waals surface area contributed by atoms with E-state index in [2.05, 4.69) is 62.4 Å². The molecule has 0 amide bonds. The predicted molar refractivity (Wildman–Crippen MR) is 84.3 cm³/mol. The molecule has 0 saturated heterocycles. The topological polar surface area (TPSA) is 0 Å². The van der Waals surface area contributed by atoms with Gasteiger partial charge in [0.15, 0.2) is 0 Å². The third-order valence-electron chi connectivity index (χ3n) is 4.32. The molecule has 1 aromatic rings. The van der Waals surface area contributed by atoms with Crippen LogP contribution in [-0.2, 0) is 0 Å². The lowest BCUT2D eigenvalue weighted by molar-refractivity contribution is 0.517. The van der Waals surface area contributed by atoms with Gasteiger partial charge in [-0.1, -0.05) is 74.4 Å². The maximum absolute atomic E-state index is 2.39. The van der Waals surface area contributed by atoms with Crippen molar-refractivity contribution in [2.24, 2.45) is 5.92 Å². The molecule has 1 aliphatic carbocycles. The van der Waals surface area contributed by atoms with Crippen molar-refractivity contribution in [3.63, 3.8) is 0 Å². The monoisotopic (exact) mass is 254 g/mol. The Labute approximate surface area is 118 Å². The van der Waals surface area contributed by atoms with Crippen molar-refractivity contribution >= 4 is 0 Å². The molecule has 0 heterocycles. The Morgan fingerprint density at radius 1 is 1.00 bits per heavy atom. The lowest BCUT2D eigenvalue weighted by atomic mass is 9.87. The Bertz CT molecular complexity index is 425. The molecular weight excluding hydrogens is 228 g/mol. The zero-order valence-electron chi connectivity index (χ0n) is 12.3. The fraction of sp³-hybridized carbons (Fsp3) is 0.474. The molecule has 0 heteroatoms. The average molecular weight is 254 g/mol. The Balaban J connectivity index is 1.74. The Kier molecular flexibility index (Phi) is 5.44. The van der Waals surface area contributed by atoms with Crippen LogP contribution in [0.3, 0.4) is 0 Å². The molecule has 102 valence electrons. The Morgan fingerprint density at radius 2 is 1.74 bits per heavy atom. The summed E-state index contributed by atoms with van der Waals surface area (Å²) in [5.41, 5.74) is 3.13. The van der Waals surface area contributed by atoms with Crippen molar-refractivity contribution in [2.75, 3.05) is 0 Å². The molecule has 0 aliphatic heterocycles. The summed E-state index contributed by atoms with van der Waals surface area (Å²) >= 11 is 0. The third kappa shape index (κ3) is 4.38. The van der Waals surface area contributed by atoms with Crippen LogP contribution in [-0.4, -0.2) is 0 Å². The van der Waals surface area contributed by atoms with Gasteiger partial charge in [-0.05, 0) is 43.1 Å². The van der Waals surface area contributed by atoms with E-state index in [1.165, 1.54) is 37.7 Å². The van der Waals surface area contributed by atoms with Gasteiger partial charge in [0.25, 0.3) is 0 Å². The van der Waals surface area contributed by atoms with Gasteiger partial charge in [-0.2, -0.15) is 0 Å². The van der Waals surface area contributed by atoms with Crippen molar-refractivity contribution in [1.29, 1.82) is 0 Å². The summed E-state index contributed by atoms with van der Waals surface area (Å²) in [5.74, 6) is 1.45. The normalized spacial score (nSPS) is 17.9. The molecule has 1 aromatic carbocycles. The highest BCUT2D eigenvalue weighted by Crippen LogP contribution is 2.27. The van der Waals surface area contributed by atoms with E-state index in [-0.39, 0.29) is 0 Å². The summed E-state index contributed by atoms with van der Waals surface area (Å²) in [7, 11) is 0. The molecular formula is C19H26. The Morgan fingerprint density at radius 3 is 2.42 bits per heavy atom. The second kappa shape index (κ2) is 7.33. The van der Waals surface area contributed by atoms with E-state index in [1.807, 2.05) is 0 Å². The van der Waals surface area contributed by atoms with E-state index in [1.54, 1.807) is 5.57 Å². The number of benzene rings is 1. The van der Waals surface area contributed by atoms with Gasteiger partial charge in [0.1, 0.15) is 0 Å². The van der Waals surface area contributed by atoms with Crippen LogP contribution in [0.15, 0.2) is 54.1 Å². The van der Waals surface area contributed by atoms with Gasteiger partial charge in [0.05, 0.1) is 0 Å². The fourth-order valence-electron chi connectivity index (χ4n) is 2.90. The molecule has 2 atom stereocenters. The van der Waals surface area contributed by atoms with Crippen LogP contribution < -0.4 is 0 Å². The van der Waals surface area contributed by atoms with Crippen molar-refractivity contribution in [2.45, 2.75) is 51.9 Å². The maximum Gasteiger partial charge on any atom is -0.0190 e. The van der Waals surface area contributed by atoms with Crippen molar-refractivity contribution in [1.82, 2.24) is 0 Å². The quantitative estimate of drug-likeness (QED) is 0.595. The van der Waals surface area contributed by atoms with Gasteiger partial charge in [-0.25, -0.2) is 0 Å². The smallest absolute Gasteiger partial charge is 0.0190 e. The maximum atomic E-state index is 2.39. The summed E-state index contributed by atoms with van der Waals surface area (Å²) in [6.07, 6.45) is 13.3. The number of hydrogen-bond donors (Lipinski definition) is 0. The highest BCUT2D eigenvalue weighted by molar-refractivity contribution is 5.20. The summed E-state index contributed by atoms with van der Waals surface area (Å²) in [6.45, 7) is 4.74. The first-order valence-corrected chi connectivity index (χ1v) is 7.68. The van der Waals surface area contributed by atoms with Gasteiger partial charge in [-0.15, -0.1) is 0 Å². The van der Waals surface area contributed by atoms with Crippen LogP contribution in [0.2, 0.25) is 0 Å². The molecule has 2 unspecified atom stereocenters. The van der Waals surface area contributed by atoms with E-state index < -0.39 is 0 Å². The molecule has 2 rings (SSSR count). The standard InChI is InChI=1S/C19H26/c1-16(18-12-5-3-6-13-18)10-9-11-17(2)19-14-7-4-8-15-19/h3-7,12-14,16-17H,8-11,15H2,1-2H3. The second-order valence-corrected chi connectivity index (χ2v) is 5.85. The highest BCUT2D eigenvalue weighted by Gasteiger charge is 2.11. The number of hydrogen-bond acceptors (Lipinski definition) is 0. The van der Waals surface area contributed by atoms with Crippen LogP contribution in [0.25, 0.3) is 0 Å². The minimum Gasteiger partial charge on any atom is -0.0842 e. The number of allylic oxidation sites excluding steroid dienone is 4. The lowest BCUT2D eigenvalue weighted by Crippen LogP contribution is -2.02. The van der Waals surface area contributed by atoms with E-state index in [0.717, 1.165) is 5.92 Å². The molecule has 0 radical (unpaired) electrons. The zero-order valence-corrected chi connectivity index (χ0v) is 12.3. The van der Waals surface area contributed by atoms with Crippen molar-refractivity contribution in [3.8, 4) is 0 Å². The first kappa shape index (κ1) is 14.1. The molecule has 0 saturated carbocycles. The highest BCUT2D eigenvalue weighted by atomic mass is 14.2. The van der Waals surface area contributed by atoms with Gasteiger partial charge in [0, 0.05) is 0 Å². The minimum absolute atomic E-state index is 0.689.